The highest BCUT2D eigenvalue weighted by atomic mass is 35.5. The van der Waals surface area contributed by atoms with Crippen molar-refractivity contribution in [1.29, 1.82) is 0 Å². The van der Waals surface area contributed by atoms with Crippen LogP contribution in [0, 0.1) is 0 Å². The summed E-state index contributed by atoms with van der Waals surface area (Å²) in [5.74, 6) is 0.111. The fourth-order valence-electron chi connectivity index (χ4n) is 4.00. The van der Waals surface area contributed by atoms with Gasteiger partial charge in [-0.2, -0.15) is 0 Å². The van der Waals surface area contributed by atoms with Crippen LogP contribution < -0.4 is 16.0 Å². The zero-order valence-electron chi connectivity index (χ0n) is 17.8. The second kappa shape index (κ2) is 15.5. The van der Waals surface area contributed by atoms with Gasteiger partial charge in [-0.1, -0.05) is 61.7 Å². The van der Waals surface area contributed by atoms with Gasteiger partial charge in [0.25, 0.3) is 0 Å². The van der Waals surface area contributed by atoms with Crippen molar-refractivity contribution in [3.05, 3.63) is 48.0 Å². The maximum Gasteiger partial charge on any atom is 0.224 e. The Morgan fingerprint density at radius 2 is 1.57 bits per heavy atom. The third kappa shape index (κ3) is 9.65. The molecule has 0 atom stereocenters. The number of carbonyl (C=O) groups excluding carboxylic acids is 1. The van der Waals surface area contributed by atoms with Crippen LogP contribution in [0.1, 0.15) is 50.5 Å². The summed E-state index contributed by atoms with van der Waals surface area (Å²) in [7, 11) is 0. The van der Waals surface area contributed by atoms with Gasteiger partial charge in [-0.15, -0.1) is 24.8 Å². The van der Waals surface area contributed by atoms with Crippen LogP contribution >= 0.6 is 24.8 Å². The van der Waals surface area contributed by atoms with Gasteiger partial charge in [0.1, 0.15) is 0 Å². The molecule has 1 amide bonds. The predicted octanol–water partition coefficient (Wildman–Crippen LogP) is 4.63. The van der Waals surface area contributed by atoms with Gasteiger partial charge in [-0.05, 0) is 48.6 Å². The van der Waals surface area contributed by atoms with E-state index in [0.717, 1.165) is 50.6 Å². The van der Waals surface area contributed by atoms with Gasteiger partial charge in [-0.25, -0.2) is 0 Å². The van der Waals surface area contributed by atoms with Gasteiger partial charge < -0.3 is 16.0 Å². The number of halogens is 2. The fourth-order valence-corrected chi connectivity index (χ4v) is 4.00. The van der Waals surface area contributed by atoms with E-state index in [1.165, 1.54) is 42.9 Å². The zero-order chi connectivity index (χ0) is 19.4. The molecule has 4 nitrogen and oxygen atoms in total. The Bertz CT molecular complexity index is 735. The number of hydrogen-bond donors (Lipinski definition) is 3. The van der Waals surface area contributed by atoms with Crippen LogP contribution in [0.15, 0.2) is 42.5 Å². The van der Waals surface area contributed by atoms with Crippen LogP contribution in [0.5, 0.6) is 0 Å². The topological polar surface area (TPSA) is 53.2 Å². The Kier molecular flexibility index (Phi) is 13.8. The second-order valence-electron chi connectivity index (χ2n) is 7.95. The molecule has 0 aliphatic heterocycles. The number of benzene rings is 2. The van der Waals surface area contributed by atoms with Crippen LogP contribution in [0.2, 0.25) is 0 Å². The first-order valence-electron chi connectivity index (χ1n) is 11.0. The van der Waals surface area contributed by atoms with Crippen LogP contribution in [0.3, 0.4) is 0 Å². The zero-order valence-corrected chi connectivity index (χ0v) is 19.5. The molecule has 3 rings (SSSR count). The first-order chi connectivity index (χ1) is 13.8. The number of hydrogen-bond acceptors (Lipinski definition) is 3. The van der Waals surface area contributed by atoms with Crippen molar-refractivity contribution < 1.29 is 4.79 Å². The molecule has 2 aromatic carbocycles. The summed E-state index contributed by atoms with van der Waals surface area (Å²) in [6.45, 7) is 3.87. The molecular formula is C24H37Cl2N3O. The second-order valence-corrected chi connectivity index (χ2v) is 7.95. The minimum atomic E-state index is 0. The quantitative estimate of drug-likeness (QED) is 0.434. The maximum absolute atomic E-state index is 12.1. The molecule has 1 aliphatic rings. The molecule has 1 saturated carbocycles. The highest BCUT2D eigenvalue weighted by molar-refractivity contribution is 5.86. The van der Waals surface area contributed by atoms with E-state index in [0.29, 0.717) is 6.42 Å². The molecule has 0 spiro atoms. The molecular weight excluding hydrogens is 417 g/mol. The Labute approximate surface area is 193 Å². The van der Waals surface area contributed by atoms with Crippen molar-refractivity contribution in [1.82, 2.24) is 16.0 Å². The summed E-state index contributed by atoms with van der Waals surface area (Å²) in [6, 6.07) is 15.3. The smallest absolute Gasteiger partial charge is 0.224 e. The van der Waals surface area contributed by atoms with E-state index in [1.54, 1.807) is 0 Å². The standard InChI is InChI=1S/C24H35N3O.2ClH/c28-24(19-20-12-13-21-8-4-5-9-22(21)18-20)27-15-7-6-14-25-16-17-26-23-10-2-1-3-11-23;;/h4-5,8-9,12-13,18,23,25-26H,1-3,6-7,10-11,14-17,19H2,(H,27,28);2*1H. The van der Waals surface area contributed by atoms with Crippen LogP contribution in [0.4, 0.5) is 0 Å². The Balaban J connectivity index is 0.00000225. The van der Waals surface area contributed by atoms with Gasteiger partial charge in [0.15, 0.2) is 0 Å². The largest absolute Gasteiger partial charge is 0.356 e. The SMILES string of the molecule is Cl.Cl.O=C(Cc1ccc2ccccc2c1)NCCCCNCCNC1CCCCC1. The summed E-state index contributed by atoms with van der Waals surface area (Å²) >= 11 is 0. The molecule has 1 aliphatic carbocycles. The molecule has 0 aromatic heterocycles. The molecule has 0 heterocycles. The van der Waals surface area contributed by atoms with Gasteiger partial charge in [0, 0.05) is 25.7 Å². The lowest BCUT2D eigenvalue weighted by molar-refractivity contribution is -0.120. The van der Waals surface area contributed by atoms with E-state index < -0.39 is 0 Å². The molecule has 0 bridgehead atoms. The average molecular weight is 454 g/mol. The highest BCUT2D eigenvalue weighted by Crippen LogP contribution is 2.17. The predicted molar refractivity (Wildman–Crippen MR) is 132 cm³/mol. The van der Waals surface area contributed by atoms with E-state index in [4.69, 9.17) is 0 Å². The summed E-state index contributed by atoms with van der Waals surface area (Å²) in [5, 5.41) is 12.6. The number of unbranched alkanes of at least 4 members (excludes halogenated alkanes) is 1. The van der Waals surface area contributed by atoms with E-state index in [1.807, 2.05) is 18.2 Å². The maximum atomic E-state index is 12.1. The van der Waals surface area contributed by atoms with E-state index in [9.17, 15) is 4.79 Å². The van der Waals surface area contributed by atoms with Gasteiger partial charge in [0.2, 0.25) is 5.91 Å². The number of carbonyl (C=O) groups is 1. The van der Waals surface area contributed by atoms with Gasteiger partial charge in [-0.3, -0.25) is 4.79 Å². The number of rotatable bonds is 11. The van der Waals surface area contributed by atoms with Gasteiger partial charge >= 0.3 is 0 Å². The van der Waals surface area contributed by atoms with Gasteiger partial charge in [0.05, 0.1) is 6.42 Å². The Morgan fingerprint density at radius 1 is 0.833 bits per heavy atom. The fraction of sp³-hybridized carbons (Fsp3) is 0.542. The minimum Gasteiger partial charge on any atom is -0.356 e. The molecule has 168 valence electrons. The number of nitrogens with one attached hydrogen (secondary N) is 3. The van der Waals surface area contributed by atoms with Crippen LogP contribution in [0.25, 0.3) is 10.8 Å². The molecule has 1 fully saturated rings. The van der Waals surface area contributed by atoms with Crippen molar-refractivity contribution >= 4 is 41.5 Å². The molecule has 0 unspecified atom stereocenters. The molecule has 0 saturated heterocycles. The molecule has 30 heavy (non-hydrogen) atoms. The third-order valence-electron chi connectivity index (χ3n) is 5.62. The molecule has 2 aromatic rings. The lowest BCUT2D eigenvalue weighted by Gasteiger charge is -2.22. The van der Waals surface area contributed by atoms with Crippen molar-refractivity contribution in [3.8, 4) is 0 Å². The van der Waals surface area contributed by atoms with Crippen molar-refractivity contribution in [3.63, 3.8) is 0 Å². The lowest BCUT2D eigenvalue weighted by atomic mass is 9.95. The summed E-state index contributed by atoms with van der Waals surface area (Å²) in [6.07, 6.45) is 9.45. The van der Waals surface area contributed by atoms with Crippen LogP contribution in [-0.2, 0) is 11.2 Å². The number of fused-ring (bicyclic) bond motifs is 1. The lowest BCUT2D eigenvalue weighted by Crippen LogP contribution is -2.36. The minimum absolute atomic E-state index is 0. The monoisotopic (exact) mass is 453 g/mol. The number of amides is 1. The molecule has 0 radical (unpaired) electrons. The summed E-state index contributed by atoms with van der Waals surface area (Å²) < 4.78 is 0. The molecule has 6 heteroatoms. The van der Waals surface area contributed by atoms with E-state index in [-0.39, 0.29) is 30.7 Å². The average Bonchev–Trinajstić information content (AvgIpc) is 2.73. The van der Waals surface area contributed by atoms with E-state index in [2.05, 4.69) is 40.2 Å². The Hall–Kier alpha value is -1.33. The normalized spacial score (nSPS) is 14.0. The third-order valence-corrected chi connectivity index (χ3v) is 5.62. The van der Waals surface area contributed by atoms with Crippen LogP contribution in [-0.4, -0.2) is 38.1 Å². The summed E-state index contributed by atoms with van der Waals surface area (Å²) in [4.78, 5) is 12.1. The van der Waals surface area contributed by atoms with Crippen molar-refractivity contribution in [2.75, 3.05) is 26.2 Å². The molecule has 3 N–H and O–H groups in total. The highest BCUT2D eigenvalue weighted by Gasteiger charge is 2.11. The van der Waals surface area contributed by atoms with Crippen molar-refractivity contribution in [2.24, 2.45) is 0 Å². The first kappa shape index (κ1) is 26.7. The summed E-state index contributed by atoms with van der Waals surface area (Å²) in [5.41, 5.74) is 1.07. The first-order valence-corrected chi connectivity index (χ1v) is 11.0. The Morgan fingerprint density at radius 3 is 2.37 bits per heavy atom. The van der Waals surface area contributed by atoms with E-state index >= 15 is 0 Å². The van der Waals surface area contributed by atoms with Crippen molar-refractivity contribution in [2.45, 2.75) is 57.4 Å².